The van der Waals surface area contributed by atoms with Gasteiger partial charge < -0.3 is 20.1 Å². The molecule has 0 bridgehead atoms. The Balaban J connectivity index is 0.00000450. The normalized spacial score (nSPS) is 12.0. The smallest absolute Gasteiger partial charge is 0.350 e. The maximum atomic E-state index is 12.0. The minimum absolute atomic E-state index is 0. The van der Waals surface area contributed by atoms with Gasteiger partial charge in [0.1, 0.15) is 15.6 Å². The lowest BCUT2D eigenvalue weighted by Gasteiger charge is -2.16. The molecular formula is C21H31IN4O3S. The van der Waals surface area contributed by atoms with E-state index in [0.29, 0.717) is 29.7 Å². The number of thiazole rings is 1. The summed E-state index contributed by atoms with van der Waals surface area (Å²) in [6.45, 7) is 9.35. The number of nitrogens with one attached hydrogen (secondary N) is 2. The standard InChI is InChI=1S/C21H30N4O3S.HI/c1-6-27-20(26)18-15(3)24-19(29-18)16(4)25-21(22-5)23-12-7-13-28-17-10-8-14(2)9-11-17;/h8-11,16H,6-7,12-13H2,1-5H3,(H2,22,23,25);1H. The number of benzene rings is 1. The second-order valence-electron chi connectivity index (χ2n) is 6.57. The molecule has 0 aliphatic carbocycles. The highest BCUT2D eigenvalue weighted by atomic mass is 127. The van der Waals surface area contributed by atoms with Crippen LogP contribution < -0.4 is 15.4 Å². The number of ether oxygens (including phenoxy) is 2. The molecule has 166 valence electrons. The van der Waals surface area contributed by atoms with Crippen molar-refractivity contribution in [2.75, 3.05) is 26.8 Å². The molecule has 1 unspecified atom stereocenters. The third-order valence-corrected chi connectivity index (χ3v) is 5.44. The fraction of sp³-hybridized carbons (Fsp3) is 0.476. The summed E-state index contributed by atoms with van der Waals surface area (Å²) in [5.41, 5.74) is 1.90. The number of halogens is 1. The molecule has 0 amide bonds. The second kappa shape index (κ2) is 13.4. The van der Waals surface area contributed by atoms with E-state index >= 15 is 0 Å². The zero-order valence-corrected chi connectivity index (χ0v) is 21.3. The first-order chi connectivity index (χ1) is 13.9. The van der Waals surface area contributed by atoms with Crippen LogP contribution in [-0.2, 0) is 4.74 Å². The first kappa shape index (κ1) is 26.2. The Morgan fingerprint density at radius 3 is 2.60 bits per heavy atom. The molecule has 1 aromatic carbocycles. The number of aromatic nitrogens is 1. The van der Waals surface area contributed by atoms with E-state index in [0.717, 1.165) is 23.7 Å². The summed E-state index contributed by atoms with van der Waals surface area (Å²) in [5, 5.41) is 7.39. The van der Waals surface area contributed by atoms with E-state index in [1.54, 1.807) is 14.0 Å². The summed E-state index contributed by atoms with van der Waals surface area (Å²) >= 11 is 1.35. The van der Waals surface area contributed by atoms with Crippen LogP contribution in [-0.4, -0.2) is 43.7 Å². The molecular weight excluding hydrogens is 515 g/mol. The Kier molecular flexibility index (Phi) is 11.7. The Morgan fingerprint density at radius 2 is 1.97 bits per heavy atom. The minimum atomic E-state index is -0.322. The molecule has 0 spiro atoms. The first-order valence-electron chi connectivity index (χ1n) is 9.75. The van der Waals surface area contributed by atoms with Crippen LogP contribution in [0.3, 0.4) is 0 Å². The van der Waals surface area contributed by atoms with Crippen LogP contribution in [0.25, 0.3) is 0 Å². The van der Waals surface area contributed by atoms with Crippen molar-refractivity contribution >= 4 is 47.2 Å². The molecule has 9 heteroatoms. The lowest BCUT2D eigenvalue weighted by molar-refractivity contribution is 0.0531. The molecule has 0 saturated carbocycles. The molecule has 0 saturated heterocycles. The predicted molar refractivity (Wildman–Crippen MR) is 132 cm³/mol. The van der Waals surface area contributed by atoms with Crippen LogP contribution in [0, 0.1) is 13.8 Å². The molecule has 1 aromatic heterocycles. The summed E-state index contributed by atoms with van der Waals surface area (Å²) in [5.74, 6) is 1.23. The number of hydrogen-bond acceptors (Lipinski definition) is 6. The van der Waals surface area contributed by atoms with Crippen molar-refractivity contribution in [1.82, 2.24) is 15.6 Å². The van der Waals surface area contributed by atoms with Crippen LogP contribution in [0.1, 0.15) is 52.2 Å². The van der Waals surface area contributed by atoms with Crippen molar-refractivity contribution in [3.8, 4) is 5.75 Å². The fourth-order valence-electron chi connectivity index (χ4n) is 2.55. The van der Waals surface area contributed by atoms with Gasteiger partial charge in [0.25, 0.3) is 0 Å². The van der Waals surface area contributed by atoms with E-state index in [1.807, 2.05) is 38.1 Å². The number of aliphatic imine (C=N–C) groups is 1. The van der Waals surface area contributed by atoms with Crippen molar-refractivity contribution < 1.29 is 14.3 Å². The summed E-state index contributed by atoms with van der Waals surface area (Å²) in [4.78, 5) is 21.3. The molecule has 30 heavy (non-hydrogen) atoms. The lowest BCUT2D eigenvalue weighted by atomic mass is 10.2. The van der Waals surface area contributed by atoms with Gasteiger partial charge in [-0.3, -0.25) is 4.99 Å². The maximum Gasteiger partial charge on any atom is 0.350 e. The number of nitrogens with zero attached hydrogens (tertiary/aromatic N) is 2. The highest BCUT2D eigenvalue weighted by molar-refractivity contribution is 14.0. The molecule has 7 nitrogen and oxygen atoms in total. The average molecular weight is 546 g/mol. The number of aryl methyl sites for hydroxylation is 2. The number of rotatable bonds is 9. The number of hydrogen-bond donors (Lipinski definition) is 2. The van der Waals surface area contributed by atoms with E-state index in [-0.39, 0.29) is 36.0 Å². The molecule has 2 aromatic rings. The zero-order valence-electron chi connectivity index (χ0n) is 18.2. The monoisotopic (exact) mass is 546 g/mol. The van der Waals surface area contributed by atoms with Gasteiger partial charge in [-0.1, -0.05) is 17.7 Å². The molecule has 1 atom stereocenters. The average Bonchev–Trinajstić information content (AvgIpc) is 3.10. The van der Waals surface area contributed by atoms with E-state index in [9.17, 15) is 4.79 Å². The Labute approximate surface area is 199 Å². The van der Waals surface area contributed by atoms with Crippen LogP contribution >= 0.6 is 35.3 Å². The highest BCUT2D eigenvalue weighted by Gasteiger charge is 2.20. The van der Waals surface area contributed by atoms with Crippen LogP contribution in [0.4, 0.5) is 0 Å². The summed E-state index contributed by atoms with van der Waals surface area (Å²) in [7, 11) is 1.72. The van der Waals surface area contributed by atoms with Gasteiger partial charge in [0.05, 0.1) is 24.9 Å². The maximum absolute atomic E-state index is 12.0. The number of guanidine groups is 1. The van der Waals surface area contributed by atoms with Crippen LogP contribution in [0.2, 0.25) is 0 Å². The van der Waals surface area contributed by atoms with Gasteiger partial charge in [-0.05, 0) is 46.2 Å². The van der Waals surface area contributed by atoms with Gasteiger partial charge in [0.15, 0.2) is 5.96 Å². The van der Waals surface area contributed by atoms with Gasteiger partial charge in [-0.25, -0.2) is 9.78 Å². The Bertz CT molecular complexity index is 824. The third kappa shape index (κ3) is 8.10. The van der Waals surface area contributed by atoms with Crippen molar-refractivity contribution in [2.45, 2.75) is 40.2 Å². The molecule has 0 aliphatic heterocycles. The summed E-state index contributed by atoms with van der Waals surface area (Å²) < 4.78 is 10.8. The molecule has 1 heterocycles. The van der Waals surface area contributed by atoms with E-state index in [1.165, 1.54) is 16.9 Å². The summed E-state index contributed by atoms with van der Waals surface area (Å²) in [6, 6.07) is 7.94. The van der Waals surface area contributed by atoms with Crippen molar-refractivity contribution in [3.05, 3.63) is 45.4 Å². The van der Waals surface area contributed by atoms with E-state index in [2.05, 4.69) is 27.5 Å². The number of carbonyl (C=O) groups is 1. The topological polar surface area (TPSA) is 84.8 Å². The second-order valence-corrected chi connectivity index (χ2v) is 7.60. The molecule has 0 aliphatic rings. The van der Waals surface area contributed by atoms with Crippen molar-refractivity contribution in [1.29, 1.82) is 0 Å². The van der Waals surface area contributed by atoms with Gasteiger partial charge >= 0.3 is 5.97 Å². The highest BCUT2D eigenvalue weighted by Crippen LogP contribution is 2.24. The van der Waals surface area contributed by atoms with Crippen molar-refractivity contribution in [2.24, 2.45) is 4.99 Å². The van der Waals surface area contributed by atoms with Gasteiger partial charge in [0.2, 0.25) is 0 Å². The largest absolute Gasteiger partial charge is 0.494 e. The number of carbonyl (C=O) groups excluding carboxylic acids is 1. The van der Waals surface area contributed by atoms with Gasteiger partial charge in [0, 0.05) is 13.6 Å². The molecule has 0 fully saturated rings. The molecule has 2 N–H and O–H groups in total. The Morgan fingerprint density at radius 1 is 1.27 bits per heavy atom. The fourth-order valence-corrected chi connectivity index (χ4v) is 3.52. The predicted octanol–water partition coefficient (Wildman–Crippen LogP) is 4.25. The molecule has 0 radical (unpaired) electrons. The van der Waals surface area contributed by atoms with E-state index in [4.69, 9.17) is 9.47 Å². The lowest BCUT2D eigenvalue weighted by Crippen LogP contribution is -2.39. The van der Waals surface area contributed by atoms with Gasteiger partial charge in [-0.2, -0.15) is 0 Å². The van der Waals surface area contributed by atoms with Crippen LogP contribution in [0.5, 0.6) is 5.75 Å². The quantitative estimate of drug-likeness (QED) is 0.161. The Hall–Kier alpha value is -1.88. The van der Waals surface area contributed by atoms with Gasteiger partial charge in [-0.15, -0.1) is 35.3 Å². The zero-order chi connectivity index (χ0) is 21.2. The summed E-state index contributed by atoms with van der Waals surface area (Å²) in [6.07, 6.45) is 0.840. The third-order valence-electron chi connectivity index (χ3n) is 4.12. The van der Waals surface area contributed by atoms with Crippen molar-refractivity contribution in [3.63, 3.8) is 0 Å². The van der Waals surface area contributed by atoms with Crippen LogP contribution in [0.15, 0.2) is 29.3 Å². The van der Waals surface area contributed by atoms with E-state index < -0.39 is 0 Å². The SMILES string of the molecule is CCOC(=O)c1sc(C(C)NC(=NC)NCCCOc2ccc(C)cc2)nc1C.I. The number of esters is 1. The molecule has 2 rings (SSSR count). The minimum Gasteiger partial charge on any atom is -0.494 e. The first-order valence-corrected chi connectivity index (χ1v) is 10.6.